The lowest BCUT2D eigenvalue weighted by Gasteiger charge is -2.26. The van der Waals surface area contributed by atoms with Gasteiger partial charge in [-0.05, 0) is 38.8 Å². The Balaban J connectivity index is 2.60. The first kappa shape index (κ1) is 15.3. The van der Waals surface area contributed by atoms with Crippen LogP contribution < -0.4 is 0 Å². The summed E-state index contributed by atoms with van der Waals surface area (Å²) in [6.45, 7) is 5.92. The van der Waals surface area contributed by atoms with Gasteiger partial charge in [0.1, 0.15) is 6.29 Å². The lowest BCUT2D eigenvalue weighted by atomic mass is 10.1. The molecule has 1 rings (SSSR count). The maximum atomic E-state index is 10.9. The molecule has 0 saturated heterocycles. The first-order valence-electron chi connectivity index (χ1n) is 6.23. The van der Waals surface area contributed by atoms with Gasteiger partial charge in [0.05, 0.1) is 17.8 Å². The number of nitrogens with zero attached hydrogens (tertiary/aromatic N) is 2. The molecule has 0 aromatic carbocycles. The molecule has 0 atom stereocenters. The molecular formula is C14H20N2O3. The van der Waals surface area contributed by atoms with Crippen LogP contribution in [0.5, 0.6) is 0 Å². The van der Waals surface area contributed by atoms with Crippen molar-refractivity contribution in [2.24, 2.45) is 0 Å². The summed E-state index contributed by atoms with van der Waals surface area (Å²) < 4.78 is 0. The van der Waals surface area contributed by atoms with Gasteiger partial charge in [-0.25, -0.2) is 5.06 Å². The molecule has 0 bridgehead atoms. The monoisotopic (exact) mass is 264 g/mol. The standard InChI is InChI=1S/C14H20N2O3/c1-14(2,3)19-16(11-18)10-13-7-6-12(9-15-13)5-4-8-17/h6-9,11H,4-5,10H2,1-3H3. The third kappa shape index (κ3) is 6.10. The first-order chi connectivity index (χ1) is 8.94. The highest BCUT2D eigenvalue weighted by Crippen LogP contribution is 2.12. The van der Waals surface area contributed by atoms with E-state index in [1.807, 2.05) is 32.9 Å². The van der Waals surface area contributed by atoms with Crippen molar-refractivity contribution in [2.75, 3.05) is 0 Å². The van der Waals surface area contributed by atoms with Crippen molar-refractivity contribution >= 4 is 12.7 Å². The third-order valence-electron chi connectivity index (χ3n) is 2.26. The predicted molar refractivity (Wildman–Crippen MR) is 71.1 cm³/mol. The number of aryl methyl sites for hydroxylation is 1. The van der Waals surface area contributed by atoms with E-state index in [2.05, 4.69) is 4.98 Å². The summed E-state index contributed by atoms with van der Waals surface area (Å²) in [5.41, 5.74) is 1.32. The largest absolute Gasteiger partial charge is 0.303 e. The smallest absolute Gasteiger partial charge is 0.233 e. The molecule has 0 N–H and O–H groups in total. The Morgan fingerprint density at radius 3 is 2.53 bits per heavy atom. The Kier molecular flexibility index (Phi) is 5.63. The molecule has 5 heteroatoms. The number of hydrogen-bond acceptors (Lipinski definition) is 4. The minimum absolute atomic E-state index is 0.300. The number of hydroxylamine groups is 2. The van der Waals surface area contributed by atoms with Gasteiger partial charge >= 0.3 is 0 Å². The van der Waals surface area contributed by atoms with Gasteiger partial charge in [0.25, 0.3) is 0 Å². The maximum Gasteiger partial charge on any atom is 0.233 e. The molecule has 5 nitrogen and oxygen atoms in total. The summed E-state index contributed by atoms with van der Waals surface area (Å²) in [4.78, 5) is 30.9. The fourth-order valence-corrected chi connectivity index (χ4v) is 1.52. The van der Waals surface area contributed by atoms with Gasteiger partial charge in [0.15, 0.2) is 0 Å². The minimum Gasteiger partial charge on any atom is -0.303 e. The molecule has 0 fully saturated rings. The van der Waals surface area contributed by atoms with Gasteiger partial charge in [-0.1, -0.05) is 6.07 Å². The summed E-state index contributed by atoms with van der Waals surface area (Å²) in [6.07, 6.45) is 4.44. The van der Waals surface area contributed by atoms with E-state index in [-0.39, 0.29) is 0 Å². The van der Waals surface area contributed by atoms with Gasteiger partial charge in [-0.15, -0.1) is 0 Å². The SMILES string of the molecule is CC(C)(C)ON(C=O)Cc1ccc(CCC=O)cn1. The summed E-state index contributed by atoms with van der Waals surface area (Å²) in [6, 6.07) is 3.74. The fourth-order valence-electron chi connectivity index (χ4n) is 1.52. The second-order valence-corrected chi connectivity index (χ2v) is 5.25. The van der Waals surface area contributed by atoms with E-state index in [4.69, 9.17) is 4.84 Å². The maximum absolute atomic E-state index is 10.9. The van der Waals surface area contributed by atoms with E-state index in [9.17, 15) is 9.59 Å². The van der Waals surface area contributed by atoms with Gasteiger partial charge in [-0.3, -0.25) is 14.6 Å². The number of hydrogen-bond donors (Lipinski definition) is 0. The number of amides is 1. The Hall–Kier alpha value is -1.75. The molecule has 19 heavy (non-hydrogen) atoms. The molecule has 0 radical (unpaired) electrons. The van der Waals surface area contributed by atoms with Crippen LogP contribution in [-0.2, 0) is 27.4 Å². The highest BCUT2D eigenvalue weighted by Gasteiger charge is 2.16. The fraction of sp³-hybridized carbons (Fsp3) is 0.500. The van der Waals surface area contributed by atoms with Gasteiger partial charge < -0.3 is 4.79 Å². The Labute approximate surface area is 113 Å². The van der Waals surface area contributed by atoms with E-state index >= 15 is 0 Å². The van der Waals surface area contributed by atoms with Crippen LogP contribution >= 0.6 is 0 Å². The van der Waals surface area contributed by atoms with E-state index in [1.165, 1.54) is 5.06 Å². The van der Waals surface area contributed by atoms with E-state index in [1.54, 1.807) is 6.20 Å². The lowest BCUT2D eigenvalue weighted by Crippen LogP contribution is -2.32. The quantitative estimate of drug-likeness (QED) is 0.557. The van der Waals surface area contributed by atoms with Crippen molar-refractivity contribution in [1.82, 2.24) is 10.0 Å². The van der Waals surface area contributed by atoms with Gasteiger partial charge in [0.2, 0.25) is 6.41 Å². The van der Waals surface area contributed by atoms with Crippen molar-refractivity contribution < 1.29 is 14.4 Å². The van der Waals surface area contributed by atoms with Crippen molar-refractivity contribution in [1.29, 1.82) is 0 Å². The third-order valence-corrected chi connectivity index (χ3v) is 2.26. The molecule has 1 amide bonds. The van der Waals surface area contributed by atoms with Crippen LogP contribution in [0, 0.1) is 0 Å². The lowest BCUT2D eigenvalue weighted by molar-refractivity contribution is -0.220. The van der Waals surface area contributed by atoms with E-state index in [0.29, 0.717) is 25.8 Å². The normalized spacial score (nSPS) is 11.1. The van der Waals surface area contributed by atoms with Crippen LogP contribution in [-0.4, -0.2) is 28.3 Å². The summed E-state index contributed by atoms with van der Waals surface area (Å²) >= 11 is 0. The molecule has 0 aliphatic rings. The molecule has 104 valence electrons. The number of aromatic nitrogens is 1. The summed E-state index contributed by atoms with van der Waals surface area (Å²) in [5.74, 6) is 0. The van der Waals surface area contributed by atoms with Crippen molar-refractivity contribution in [3.8, 4) is 0 Å². The molecule has 0 spiro atoms. The van der Waals surface area contributed by atoms with Gasteiger partial charge in [-0.2, -0.15) is 0 Å². The summed E-state index contributed by atoms with van der Waals surface area (Å²) in [7, 11) is 0. The Morgan fingerprint density at radius 2 is 2.05 bits per heavy atom. The van der Waals surface area contributed by atoms with Crippen LogP contribution in [0.3, 0.4) is 0 Å². The van der Waals surface area contributed by atoms with Crippen molar-refractivity contribution in [3.63, 3.8) is 0 Å². The second kappa shape index (κ2) is 6.99. The predicted octanol–water partition coefficient (Wildman–Crippen LogP) is 1.90. The van der Waals surface area contributed by atoms with Crippen LogP contribution in [0.25, 0.3) is 0 Å². The van der Waals surface area contributed by atoms with E-state index in [0.717, 1.165) is 17.5 Å². The Bertz CT molecular complexity index is 410. The molecule has 1 heterocycles. The number of aldehydes is 1. The molecule has 0 unspecified atom stereocenters. The molecule has 0 aliphatic heterocycles. The second-order valence-electron chi connectivity index (χ2n) is 5.25. The van der Waals surface area contributed by atoms with E-state index < -0.39 is 5.60 Å². The summed E-state index contributed by atoms with van der Waals surface area (Å²) in [5, 5.41) is 1.23. The van der Waals surface area contributed by atoms with Crippen LogP contribution in [0.4, 0.5) is 0 Å². The molecule has 0 saturated carbocycles. The number of carbonyl (C=O) groups excluding carboxylic acids is 2. The zero-order valence-electron chi connectivity index (χ0n) is 11.6. The average Bonchev–Trinajstić information content (AvgIpc) is 2.35. The van der Waals surface area contributed by atoms with Crippen molar-refractivity contribution in [3.05, 3.63) is 29.6 Å². The first-order valence-corrected chi connectivity index (χ1v) is 6.23. The van der Waals surface area contributed by atoms with Gasteiger partial charge in [0, 0.05) is 12.6 Å². The molecule has 1 aromatic rings. The Morgan fingerprint density at radius 1 is 1.32 bits per heavy atom. The molecule has 0 aliphatic carbocycles. The molecule has 1 aromatic heterocycles. The van der Waals surface area contributed by atoms with Crippen LogP contribution in [0.2, 0.25) is 0 Å². The zero-order valence-corrected chi connectivity index (χ0v) is 11.6. The zero-order chi connectivity index (χ0) is 14.3. The number of carbonyl (C=O) groups is 2. The van der Waals surface area contributed by atoms with Crippen LogP contribution in [0.15, 0.2) is 18.3 Å². The number of rotatable bonds is 7. The highest BCUT2D eigenvalue weighted by atomic mass is 16.7. The highest BCUT2D eigenvalue weighted by molar-refractivity contribution is 5.50. The molecular weight excluding hydrogens is 244 g/mol. The number of pyridine rings is 1. The van der Waals surface area contributed by atoms with Crippen molar-refractivity contribution in [2.45, 2.75) is 45.8 Å². The topological polar surface area (TPSA) is 59.5 Å². The van der Waals surface area contributed by atoms with Crippen LogP contribution in [0.1, 0.15) is 38.4 Å². The average molecular weight is 264 g/mol. The minimum atomic E-state index is -0.426.